The summed E-state index contributed by atoms with van der Waals surface area (Å²) >= 11 is 0. The van der Waals surface area contributed by atoms with Gasteiger partial charge in [-0.05, 0) is 43.4 Å². The van der Waals surface area contributed by atoms with Crippen LogP contribution >= 0.6 is 0 Å². The van der Waals surface area contributed by atoms with Crippen molar-refractivity contribution in [3.63, 3.8) is 0 Å². The Kier molecular flexibility index (Phi) is 5.01. The summed E-state index contributed by atoms with van der Waals surface area (Å²) in [6.45, 7) is 0. The Morgan fingerprint density at radius 1 is 1.27 bits per heavy atom. The Morgan fingerprint density at radius 2 is 1.92 bits per heavy atom. The van der Waals surface area contributed by atoms with E-state index in [0.29, 0.717) is 18.4 Å². The van der Waals surface area contributed by atoms with E-state index in [-0.39, 0.29) is 29.8 Å². The number of carbonyl (C=O) groups is 2. The minimum atomic E-state index is -4.64. The molecule has 0 radical (unpaired) electrons. The molecule has 26 heavy (non-hydrogen) atoms. The van der Waals surface area contributed by atoms with Crippen molar-refractivity contribution in [3.05, 3.63) is 29.8 Å². The number of carbonyl (C=O) groups excluding carboxylic acids is 2. The van der Waals surface area contributed by atoms with E-state index in [4.69, 9.17) is 0 Å². The molecule has 2 N–H and O–H groups in total. The van der Waals surface area contributed by atoms with Crippen molar-refractivity contribution >= 4 is 21.7 Å². The summed E-state index contributed by atoms with van der Waals surface area (Å²) in [6.07, 6.45) is 3.64. The minimum Gasteiger partial charge on any atom is -0.351 e. The molecule has 1 saturated carbocycles. The lowest BCUT2D eigenvalue weighted by Crippen LogP contribution is -2.68. The molecule has 2 fully saturated rings. The van der Waals surface area contributed by atoms with Crippen molar-refractivity contribution in [2.45, 2.75) is 60.8 Å². The van der Waals surface area contributed by atoms with Crippen molar-refractivity contribution in [1.29, 1.82) is 0 Å². The maximum Gasteiger partial charge on any atom is 0.341 e. The van der Waals surface area contributed by atoms with Gasteiger partial charge in [-0.25, -0.2) is 8.42 Å². The lowest BCUT2D eigenvalue weighted by molar-refractivity contribution is -0.131. The second-order valence-corrected chi connectivity index (χ2v) is 8.76. The van der Waals surface area contributed by atoms with Crippen molar-refractivity contribution < 1.29 is 26.8 Å². The van der Waals surface area contributed by atoms with Crippen molar-refractivity contribution in [2.24, 2.45) is 0 Å². The van der Waals surface area contributed by atoms with Gasteiger partial charge in [0.25, 0.3) is 0 Å². The lowest BCUT2D eigenvalue weighted by Gasteiger charge is -2.51. The number of halogens is 2. The van der Waals surface area contributed by atoms with Crippen LogP contribution in [0.3, 0.4) is 0 Å². The summed E-state index contributed by atoms with van der Waals surface area (Å²) in [5.41, 5.74) is 0.179. The van der Waals surface area contributed by atoms with Crippen LogP contribution < -0.4 is 10.6 Å². The predicted molar refractivity (Wildman–Crippen MR) is 89.2 cm³/mol. The molecule has 1 aromatic rings. The van der Waals surface area contributed by atoms with Crippen LogP contribution in [0.4, 0.5) is 8.78 Å². The van der Waals surface area contributed by atoms with Gasteiger partial charge in [-0.15, -0.1) is 0 Å². The summed E-state index contributed by atoms with van der Waals surface area (Å²) in [7, 11) is -4.64. The van der Waals surface area contributed by atoms with E-state index in [1.807, 2.05) is 0 Å². The molecule has 6 nitrogen and oxygen atoms in total. The minimum absolute atomic E-state index is 0.00558. The van der Waals surface area contributed by atoms with Crippen LogP contribution in [0.1, 0.15) is 37.7 Å². The number of nitrogens with one attached hydrogen (secondary N) is 2. The standard InChI is InChI=1S/C17H20F2N2O4S/c18-16(19)26(24,25)12-4-2-11(3-5-12)10-15(23)20-13-6-7-14(22)21-17(13)8-1-9-17/h2-5,13,16H,1,6-10H2,(H,20,23)(H,21,22). The molecule has 9 heteroatoms. The Hall–Kier alpha value is -2.03. The molecule has 0 aromatic heterocycles. The van der Waals surface area contributed by atoms with Crippen LogP contribution in [0.5, 0.6) is 0 Å². The predicted octanol–water partition coefficient (Wildman–Crippen LogP) is 1.54. The third-order valence-electron chi connectivity index (χ3n) is 5.15. The molecule has 1 atom stereocenters. The first-order chi connectivity index (χ1) is 12.2. The highest BCUT2D eigenvalue weighted by atomic mass is 32.2. The molecule has 0 bridgehead atoms. The van der Waals surface area contributed by atoms with Gasteiger partial charge >= 0.3 is 5.76 Å². The van der Waals surface area contributed by atoms with Crippen LogP contribution in [-0.4, -0.2) is 37.6 Å². The zero-order valence-electron chi connectivity index (χ0n) is 14.0. The Morgan fingerprint density at radius 3 is 2.46 bits per heavy atom. The molecule has 1 heterocycles. The summed E-state index contributed by atoms with van der Waals surface area (Å²) in [6, 6.07) is 4.75. The van der Waals surface area contributed by atoms with E-state index < -0.39 is 20.5 Å². The average Bonchev–Trinajstić information content (AvgIpc) is 2.55. The number of alkyl halides is 2. The van der Waals surface area contributed by atoms with Gasteiger partial charge in [0.1, 0.15) is 0 Å². The van der Waals surface area contributed by atoms with E-state index in [0.717, 1.165) is 31.4 Å². The van der Waals surface area contributed by atoms with Gasteiger partial charge in [-0.1, -0.05) is 12.1 Å². The highest BCUT2D eigenvalue weighted by molar-refractivity contribution is 7.91. The van der Waals surface area contributed by atoms with Crippen LogP contribution in [-0.2, 0) is 25.8 Å². The summed E-state index contributed by atoms with van der Waals surface area (Å²) in [5, 5.41) is 5.94. The van der Waals surface area contributed by atoms with Gasteiger partial charge < -0.3 is 10.6 Å². The number of benzene rings is 1. The fourth-order valence-electron chi connectivity index (χ4n) is 3.55. The van der Waals surface area contributed by atoms with Crippen molar-refractivity contribution in [3.8, 4) is 0 Å². The highest BCUT2D eigenvalue weighted by Crippen LogP contribution is 2.38. The molecule has 2 aliphatic rings. The molecule has 2 amide bonds. The molecule has 1 aliphatic heterocycles. The van der Waals surface area contributed by atoms with Gasteiger partial charge in [0, 0.05) is 6.42 Å². The second kappa shape index (κ2) is 6.94. The van der Waals surface area contributed by atoms with Crippen LogP contribution in [0.15, 0.2) is 29.2 Å². The number of sulfone groups is 1. The number of amides is 2. The maximum absolute atomic E-state index is 12.5. The second-order valence-electron chi connectivity index (χ2n) is 6.84. The van der Waals surface area contributed by atoms with Crippen LogP contribution in [0.25, 0.3) is 0 Å². The molecule has 1 saturated heterocycles. The quantitative estimate of drug-likeness (QED) is 0.803. The molecule has 1 spiro atoms. The number of piperidine rings is 1. The van der Waals surface area contributed by atoms with Crippen molar-refractivity contribution in [1.82, 2.24) is 10.6 Å². The van der Waals surface area contributed by atoms with E-state index in [2.05, 4.69) is 10.6 Å². The highest BCUT2D eigenvalue weighted by Gasteiger charge is 2.48. The molecule has 142 valence electrons. The molecule has 3 rings (SSSR count). The fourth-order valence-corrected chi connectivity index (χ4v) is 4.27. The first kappa shape index (κ1) is 18.8. The smallest absolute Gasteiger partial charge is 0.341 e. The third kappa shape index (κ3) is 3.58. The summed E-state index contributed by atoms with van der Waals surface area (Å²) in [4.78, 5) is 23.5. The van der Waals surface area contributed by atoms with Crippen LogP contribution in [0, 0.1) is 0 Å². The van der Waals surface area contributed by atoms with Gasteiger partial charge in [0.05, 0.1) is 22.9 Å². The van der Waals surface area contributed by atoms with E-state index in [9.17, 15) is 26.8 Å². The van der Waals surface area contributed by atoms with Gasteiger partial charge in [-0.2, -0.15) is 8.78 Å². The number of rotatable bonds is 5. The largest absolute Gasteiger partial charge is 0.351 e. The Bertz CT molecular complexity index is 805. The molecule has 1 unspecified atom stereocenters. The van der Waals surface area contributed by atoms with E-state index >= 15 is 0 Å². The zero-order chi connectivity index (χ0) is 18.9. The average molecular weight is 386 g/mol. The lowest BCUT2D eigenvalue weighted by atomic mass is 9.68. The van der Waals surface area contributed by atoms with E-state index in [1.165, 1.54) is 12.1 Å². The Labute approximate surface area is 150 Å². The number of hydrogen-bond donors (Lipinski definition) is 2. The monoisotopic (exact) mass is 386 g/mol. The first-order valence-electron chi connectivity index (χ1n) is 8.44. The van der Waals surface area contributed by atoms with Gasteiger partial charge in [0.2, 0.25) is 21.7 Å². The van der Waals surface area contributed by atoms with Crippen LogP contribution in [0.2, 0.25) is 0 Å². The maximum atomic E-state index is 12.5. The zero-order valence-corrected chi connectivity index (χ0v) is 14.8. The normalized spacial score (nSPS) is 22.0. The molecular weight excluding hydrogens is 366 g/mol. The molecule has 1 aromatic carbocycles. The van der Waals surface area contributed by atoms with Gasteiger partial charge in [0.15, 0.2) is 0 Å². The molecular formula is C17H20F2N2O4S. The third-order valence-corrected chi connectivity index (χ3v) is 6.55. The topological polar surface area (TPSA) is 92.3 Å². The SMILES string of the molecule is O=C(Cc1ccc(S(=O)(=O)C(F)F)cc1)NC1CCC(=O)NC12CCC2. The Balaban J connectivity index is 1.62. The fraction of sp³-hybridized carbons (Fsp3) is 0.529. The summed E-state index contributed by atoms with van der Waals surface area (Å²) < 4.78 is 47.9. The van der Waals surface area contributed by atoms with Gasteiger partial charge in [-0.3, -0.25) is 9.59 Å². The molecule has 1 aliphatic carbocycles. The van der Waals surface area contributed by atoms with Crippen molar-refractivity contribution in [2.75, 3.05) is 0 Å². The number of hydrogen-bond acceptors (Lipinski definition) is 4. The summed E-state index contributed by atoms with van der Waals surface area (Å²) in [5.74, 6) is -3.72. The van der Waals surface area contributed by atoms with E-state index in [1.54, 1.807) is 0 Å². The first-order valence-corrected chi connectivity index (χ1v) is 9.99.